The molecular weight excluding hydrogens is 649 g/mol. The van der Waals surface area contributed by atoms with Crippen molar-refractivity contribution in [3.63, 3.8) is 0 Å². The van der Waals surface area contributed by atoms with E-state index < -0.39 is 11.9 Å². The molecule has 0 saturated carbocycles. The van der Waals surface area contributed by atoms with Crippen molar-refractivity contribution in [1.29, 1.82) is 0 Å². The van der Waals surface area contributed by atoms with Crippen LogP contribution < -0.4 is 88.3 Å². The molecule has 0 aliphatic carbocycles. The molecule has 0 spiro atoms. The number of carbonyl (C=O) groups is 2. The van der Waals surface area contributed by atoms with E-state index in [1.54, 1.807) is 12.1 Å². The summed E-state index contributed by atoms with van der Waals surface area (Å²) in [4.78, 5) is 21.9. The first-order chi connectivity index (χ1) is 22.9. The van der Waals surface area contributed by atoms with Gasteiger partial charge >= 0.3 is 59.1 Å². The van der Waals surface area contributed by atoms with Gasteiger partial charge in [-0.15, -0.1) is 0 Å². The fraction of sp³-hybridized carbons (Fsp3) is 0.316. The minimum atomic E-state index is -1.13. The molecule has 1 aliphatic heterocycles. The minimum absolute atomic E-state index is 0. The molecule has 0 amide bonds. The molecule has 0 atom stereocenters. The van der Waals surface area contributed by atoms with Gasteiger partial charge in [0.2, 0.25) is 6.79 Å². The number of rotatable bonds is 18. The summed E-state index contributed by atoms with van der Waals surface area (Å²) in [6.45, 7) is 0.910. The number of ether oxygens (including phenoxy) is 4. The molecule has 0 aromatic heterocycles. The Labute approximate surface area is 330 Å². The summed E-state index contributed by atoms with van der Waals surface area (Å²) in [5, 5.41) is 21.9. The van der Waals surface area contributed by atoms with E-state index in [-0.39, 0.29) is 97.6 Å². The van der Waals surface area contributed by atoms with Crippen LogP contribution in [0.15, 0.2) is 78.9 Å². The minimum Gasteiger partial charge on any atom is -0.550 e. The second-order valence-electron chi connectivity index (χ2n) is 11.4. The van der Waals surface area contributed by atoms with Crippen LogP contribution in [-0.4, -0.2) is 31.9 Å². The molecule has 4 aromatic carbocycles. The molecule has 246 valence electrons. The first-order valence-electron chi connectivity index (χ1n) is 15.9. The molecule has 5 rings (SSSR count). The Hall–Kier alpha value is -3.05. The molecule has 0 bridgehead atoms. The Morgan fingerprint density at radius 3 is 2.10 bits per heavy atom. The number of hydrogen-bond donors (Lipinski definition) is 0. The van der Waals surface area contributed by atoms with Crippen molar-refractivity contribution in [3.8, 4) is 45.3 Å². The second-order valence-corrected chi connectivity index (χ2v) is 11.4. The normalized spacial score (nSPS) is 11.3. The first kappa shape index (κ1) is 40.4. The van der Waals surface area contributed by atoms with Gasteiger partial charge in [-0.2, -0.15) is 0 Å². The van der Waals surface area contributed by atoms with Crippen LogP contribution in [0.4, 0.5) is 4.39 Å². The third-order valence-electron chi connectivity index (χ3n) is 7.97. The average Bonchev–Trinajstić information content (AvgIpc) is 3.54. The monoisotopic (exact) mass is 686 g/mol. The molecule has 0 saturated heterocycles. The molecule has 0 radical (unpaired) electrons. The topological polar surface area (TPSA) is 117 Å². The molecular formula is C38H37FNa2O8. The molecule has 8 nitrogen and oxygen atoms in total. The Morgan fingerprint density at radius 2 is 1.35 bits per heavy atom. The zero-order valence-electron chi connectivity index (χ0n) is 28.1. The van der Waals surface area contributed by atoms with Crippen molar-refractivity contribution in [2.45, 2.75) is 57.8 Å². The van der Waals surface area contributed by atoms with Crippen LogP contribution in [0.25, 0.3) is 22.3 Å². The molecule has 4 aromatic rings. The van der Waals surface area contributed by atoms with Crippen molar-refractivity contribution in [3.05, 3.63) is 95.8 Å². The Kier molecular flexibility index (Phi) is 17.0. The average molecular weight is 687 g/mol. The summed E-state index contributed by atoms with van der Waals surface area (Å²) < 4.78 is 37.1. The van der Waals surface area contributed by atoms with E-state index in [9.17, 15) is 24.2 Å². The van der Waals surface area contributed by atoms with Gasteiger partial charge in [-0.05, 0) is 127 Å². The van der Waals surface area contributed by atoms with E-state index in [1.165, 1.54) is 12.1 Å². The second kappa shape index (κ2) is 20.6. The van der Waals surface area contributed by atoms with E-state index in [0.717, 1.165) is 65.5 Å². The Balaban J connectivity index is 0.00000325. The zero-order chi connectivity index (χ0) is 33.0. The van der Waals surface area contributed by atoms with E-state index in [0.29, 0.717) is 36.0 Å². The molecule has 0 N–H and O–H groups in total. The van der Waals surface area contributed by atoms with Gasteiger partial charge in [0.15, 0.2) is 11.5 Å². The standard InChI is InChI=1S/C38H39FO8.2Na/c39-31-11-5-10-27(21-31)29-20-30(28-14-16-35-36(24-28)47-25-46-35)23-32(22-29)44-18-4-2-1-3-8-26-9-6-12-34(33(26)15-17-38(42)43)45-19-7-13-37(40)41;;/h5-6,9-12,14,16,20-24H,1-4,7-8,13,15,17-19,25H2,(H,40,41)(H,42,43);;/q;2*+1/p-2. The van der Waals surface area contributed by atoms with Crippen LogP contribution in [0.5, 0.6) is 23.0 Å². The summed E-state index contributed by atoms with van der Waals surface area (Å²) in [5.74, 6) is 0.0782. The number of fused-ring (bicyclic) bond motifs is 1. The fourth-order valence-corrected chi connectivity index (χ4v) is 5.61. The number of carboxylic acid groups (broad SMARTS) is 2. The molecule has 0 fully saturated rings. The van der Waals surface area contributed by atoms with Gasteiger partial charge in [0.25, 0.3) is 0 Å². The summed E-state index contributed by atoms with van der Waals surface area (Å²) >= 11 is 0. The van der Waals surface area contributed by atoms with Crippen molar-refractivity contribution < 1.29 is 102 Å². The van der Waals surface area contributed by atoms with Crippen LogP contribution in [0.2, 0.25) is 0 Å². The van der Waals surface area contributed by atoms with E-state index in [4.69, 9.17) is 18.9 Å². The summed E-state index contributed by atoms with van der Waals surface area (Å²) in [7, 11) is 0. The number of aliphatic carboxylic acids is 2. The summed E-state index contributed by atoms with van der Waals surface area (Å²) in [5.41, 5.74) is 5.29. The van der Waals surface area contributed by atoms with Gasteiger partial charge in [-0.1, -0.05) is 43.2 Å². The number of benzene rings is 4. The van der Waals surface area contributed by atoms with Gasteiger partial charge in [0.05, 0.1) is 13.2 Å². The van der Waals surface area contributed by atoms with Crippen molar-refractivity contribution >= 4 is 11.9 Å². The van der Waals surface area contributed by atoms with Crippen LogP contribution in [0.1, 0.15) is 56.1 Å². The van der Waals surface area contributed by atoms with Crippen LogP contribution in [-0.2, 0) is 22.4 Å². The van der Waals surface area contributed by atoms with Crippen molar-refractivity contribution in [2.75, 3.05) is 20.0 Å². The smallest absolute Gasteiger partial charge is 0.550 e. The van der Waals surface area contributed by atoms with Gasteiger partial charge < -0.3 is 38.7 Å². The van der Waals surface area contributed by atoms with E-state index >= 15 is 0 Å². The van der Waals surface area contributed by atoms with Crippen molar-refractivity contribution in [1.82, 2.24) is 0 Å². The molecule has 1 aliphatic rings. The number of halogens is 1. The summed E-state index contributed by atoms with van der Waals surface area (Å²) in [6, 6.07) is 23.8. The number of carboxylic acids is 2. The van der Waals surface area contributed by atoms with Gasteiger partial charge in [0, 0.05) is 11.9 Å². The first-order valence-corrected chi connectivity index (χ1v) is 15.9. The molecule has 1 heterocycles. The van der Waals surface area contributed by atoms with E-state index in [2.05, 4.69) is 0 Å². The SMILES string of the molecule is O=C([O-])CCCOc1cccc(CCCCCCOc2cc(-c3cccc(F)c3)cc(-c3ccc4c(c3)OCO4)c2)c1CCC(=O)[O-].[Na+].[Na+]. The van der Waals surface area contributed by atoms with Crippen molar-refractivity contribution in [2.24, 2.45) is 0 Å². The molecule has 49 heavy (non-hydrogen) atoms. The number of unbranched alkanes of at least 4 members (excludes halogenated alkanes) is 3. The van der Waals surface area contributed by atoms with Crippen LogP contribution in [0.3, 0.4) is 0 Å². The number of hydrogen-bond acceptors (Lipinski definition) is 8. The maximum atomic E-state index is 14.1. The predicted molar refractivity (Wildman–Crippen MR) is 171 cm³/mol. The van der Waals surface area contributed by atoms with Gasteiger partial charge in [0.1, 0.15) is 17.3 Å². The maximum absolute atomic E-state index is 14.1. The van der Waals surface area contributed by atoms with Gasteiger partial charge in [-0.25, -0.2) is 4.39 Å². The van der Waals surface area contributed by atoms with Crippen LogP contribution in [0, 0.1) is 5.82 Å². The third-order valence-corrected chi connectivity index (χ3v) is 7.97. The predicted octanol–water partition coefficient (Wildman–Crippen LogP) is -0.330. The third kappa shape index (κ3) is 12.3. The molecule has 11 heteroatoms. The Bertz CT molecular complexity index is 1700. The summed E-state index contributed by atoms with van der Waals surface area (Å²) in [6.07, 6.45) is 4.75. The van der Waals surface area contributed by atoms with E-state index in [1.807, 2.05) is 54.6 Å². The fourth-order valence-electron chi connectivity index (χ4n) is 5.61. The maximum Gasteiger partial charge on any atom is 1.00 e. The number of carbonyl (C=O) groups excluding carboxylic acids is 2. The largest absolute Gasteiger partial charge is 1.00 e. The quantitative estimate of drug-likeness (QED) is 0.103. The zero-order valence-corrected chi connectivity index (χ0v) is 32.1. The number of aryl methyl sites for hydroxylation is 1. The Morgan fingerprint density at radius 1 is 0.653 bits per heavy atom. The molecule has 0 unspecified atom stereocenters. The van der Waals surface area contributed by atoms with Gasteiger partial charge in [-0.3, -0.25) is 0 Å². The van der Waals surface area contributed by atoms with Crippen LogP contribution >= 0.6 is 0 Å².